The standard InChI is InChI=1S/C20H23Cl2N5O/c21-17-7-6-15(12-18(17)22)14-27-25-19(13-24-9-8-23-10-11-28)20(26-27)16-4-2-1-3-5-16/h1-7,12,23-24,28H,8-11,13-14H2. The summed E-state index contributed by atoms with van der Waals surface area (Å²) in [7, 11) is 0. The van der Waals surface area contributed by atoms with Gasteiger partial charge < -0.3 is 15.7 Å². The van der Waals surface area contributed by atoms with Crippen LogP contribution < -0.4 is 10.6 Å². The molecule has 3 rings (SSSR count). The van der Waals surface area contributed by atoms with Crippen LogP contribution in [0.15, 0.2) is 48.5 Å². The molecular formula is C20H23Cl2N5O. The fraction of sp³-hybridized carbons (Fsp3) is 0.300. The largest absolute Gasteiger partial charge is 0.395 e. The number of halogens is 2. The van der Waals surface area contributed by atoms with E-state index in [1.54, 1.807) is 10.9 Å². The molecule has 0 bridgehead atoms. The second-order valence-electron chi connectivity index (χ2n) is 6.29. The Morgan fingerprint density at radius 3 is 2.43 bits per heavy atom. The highest BCUT2D eigenvalue weighted by atomic mass is 35.5. The summed E-state index contributed by atoms with van der Waals surface area (Å²) in [5, 5.41) is 25.7. The van der Waals surface area contributed by atoms with Gasteiger partial charge in [-0.05, 0) is 17.7 Å². The van der Waals surface area contributed by atoms with Crippen LogP contribution in [-0.2, 0) is 13.1 Å². The molecule has 148 valence electrons. The van der Waals surface area contributed by atoms with E-state index < -0.39 is 0 Å². The van der Waals surface area contributed by atoms with E-state index in [2.05, 4.69) is 15.7 Å². The second-order valence-corrected chi connectivity index (χ2v) is 7.10. The molecule has 0 fully saturated rings. The molecule has 0 aliphatic carbocycles. The molecule has 0 aliphatic heterocycles. The molecule has 0 unspecified atom stereocenters. The highest BCUT2D eigenvalue weighted by Gasteiger charge is 2.13. The van der Waals surface area contributed by atoms with Crippen molar-refractivity contribution in [3.05, 3.63) is 69.8 Å². The first kappa shape index (κ1) is 20.8. The lowest BCUT2D eigenvalue weighted by Crippen LogP contribution is -2.29. The maximum atomic E-state index is 8.80. The number of rotatable bonds is 10. The Labute approximate surface area is 174 Å². The lowest BCUT2D eigenvalue weighted by Gasteiger charge is -2.05. The molecule has 0 radical (unpaired) electrons. The van der Waals surface area contributed by atoms with Crippen LogP contribution in [0, 0.1) is 0 Å². The van der Waals surface area contributed by atoms with Crippen molar-refractivity contribution in [3.8, 4) is 11.3 Å². The van der Waals surface area contributed by atoms with E-state index in [-0.39, 0.29) is 6.61 Å². The Hall–Kier alpha value is -1.96. The summed E-state index contributed by atoms with van der Waals surface area (Å²) in [6.45, 7) is 3.39. The van der Waals surface area contributed by atoms with Crippen molar-refractivity contribution in [2.45, 2.75) is 13.1 Å². The SMILES string of the molecule is OCCNCCNCc1nn(Cc2ccc(Cl)c(Cl)c2)nc1-c1ccccc1. The first-order valence-electron chi connectivity index (χ1n) is 9.13. The monoisotopic (exact) mass is 419 g/mol. The van der Waals surface area contributed by atoms with Gasteiger partial charge in [0.2, 0.25) is 0 Å². The number of nitrogens with zero attached hydrogens (tertiary/aromatic N) is 3. The normalized spacial score (nSPS) is 11.1. The molecule has 8 heteroatoms. The number of aliphatic hydroxyl groups is 1. The molecular weight excluding hydrogens is 397 g/mol. The summed E-state index contributed by atoms with van der Waals surface area (Å²) < 4.78 is 0. The minimum Gasteiger partial charge on any atom is -0.395 e. The van der Waals surface area contributed by atoms with Crippen molar-refractivity contribution in [1.29, 1.82) is 0 Å². The summed E-state index contributed by atoms with van der Waals surface area (Å²) in [6, 6.07) is 15.5. The van der Waals surface area contributed by atoms with Crippen molar-refractivity contribution >= 4 is 23.2 Å². The molecule has 0 atom stereocenters. The third-order valence-electron chi connectivity index (χ3n) is 4.14. The molecule has 3 N–H and O–H groups in total. The quantitative estimate of drug-likeness (QED) is 0.440. The second kappa shape index (κ2) is 10.5. The molecule has 1 heterocycles. The van der Waals surface area contributed by atoms with Gasteiger partial charge in [-0.1, -0.05) is 59.6 Å². The van der Waals surface area contributed by atoms with Crippen LogP contribution >= 0.6 is 23.2 Å². The van der Waals surface area contributed by atoms with Crippen molar-refractivity contribution < 1.29 is 5.11 Å². The Bertz CT molecular complexity index is 886. The van der Waals surface area contributed by atoms with Gasteiger partial charge in [0, 0.05) is 31.7 Å². The Kier molecular flexibility index (Phi) is 7.82. The molecule has 0 saturated carbocycles. The van der Waals surface area contributed by atoms with Gasteiger partial charge in [0.1, 0.15) is 11.4 Å². The minimum absolute atomic E-state index is 0.140. The van der Waals surface area contributed by atoms with Gasteiger partial charge in [-0.3, -0.25) is 0 Å². The van der Waals surface area contributed by atoms with E-state index in [4.69, 9.17) is 33.4 Å². The molecule has 6 nitrogen and oxygen atoms in total. The van der Waals surface area contributed by atoms with Crippen molar-refractivity contribution in [2.24, 2.45) is 0 Å². The average Bonchev–Trinajstić information content (AvgIpc) is 3.11. The van der Waals surface area contributed by atoms with Gasteiger partial charge in [-0.25, -0.2) is 0 Å². The molecule has 1 aromatic heterocycles. The van der Waals surface area contributed by atoms with Gasteiger partial charge in [0.15, 0.2) is 0 Å². The number of nitrogens with one attached hydrogen (secondary N) is 2. The van der Waals surface area contributed by atoms with Crippen LogP contribution in [-0.4, -0.2) is 46.3 Å². The first-order valence-corrected chi connectivity index (χ1v) is 9.88. The summed E-state index contributed by atoms with van der Waals surface area (Å²) in [4.78, 5) is 1.68. The van der Waals surface area contributed by atoms with Gasteiger partial charge in [-0.2, -0.15) is 15.0 Å². The number of hydrogen-bond donors (Lipinski definition) is 3. The smallest absolute Gasteiger partial charge is 0.117 e. The van der Waals surface area contributed by atoms with E-state index in [0.29, 0.717) is 29.7 Å². The third-order valence-corrected chi connectivity index (χ3v) is 4.88. The fourth-order valence-electron chi connectivity index (χ4n) is 2.78. The zero-order valence-corrected chi connectivity index (χ0v) is 16.9. The lowest BCUT2D eigenvalue weighted by atomic mass is 10.1. The molecule has 0 amide bonds. The van der Waals surface area contributed by atoms with Gasteiger partial charge in [0.25, 0.3) is 0 Å². The van der Waals surface area contributed by atoms with E-state index in [1.165, 1.54) is 0 Å². The first-order chi connectivity index (χ1) is 13.7. The molecule has 0 aliphatic rings. The predicted octanol–water partition coefficient (Wildman–Crippen LogP) is 2.97. The molecule has 0 spiro atoms. The molecule has 2 aromatic carbocycles. The fourth-order valence-corrected chi connectivity index (χ4v) is 3.10. The summed E-state index contributed by atoms with van der Waals surface area (Å²) >= 11 is 12.1. The van der Waals surface area contributed by atoms with Crippen LogP contribution in [0.1, 0.15) is 11.3 Å². The van der Waals surface area contributed by atoms with Crippen molar-refractivity contribution in [3.63, 3.8) is 0 Å². The van der Waals surface area contributed by atoms with Crippen LogP contribution in [0.4, 0.5) is 0 Å². The zero-order chi connectivity index (χ0) is 19.8. The minimum atomic E-state index is 0.140. The van der Waals surface area contributed by atoms with E-state index in [1.807, 2.05) is 42.5 Å². The number of benzene rings is 2. The molecule has 3 aromatic rings. The summed E-state index contributed by atoms with van der Waals surface area (Å²) in [6.07, 6.45) is 0. The Balaban J connectivity index is 1.74. The average molecular weight is 420 g/mol. The zero-order valence-electron chi connectivity index (χ0n) is 15.4. The van der Waals surface area contributed by atoms with E-state index >= 15 is 0 Å². The maximum absolute atomic E-state index is 8.80. The predicted molar refractivity (Wildman–Crippen MR) is 113 cm³/mol. The van der Waals surface area contributed by atoms with Crippen LogP contribution in [0.5, 0.6) is 0 Å². The van der Waals surface area contributed by atoms with Gasteiger partial charge in [-0.15, -0.1) is 0 Å². The number of aliphatic hydroxyl groups excluding tert-OH is 1. The maximum Gasteiger partial charge on any atom is 0.117 e. The molecule has 28 heavy (non-hydrogen) atoms. The van der Waals surface area contributed by atoms with E-state index in [9.17, 15) is 0 Å². The summed E-state index contributed by atoms with van der Waals surface area (Å²) in [5.41, 5.74) is 3.75. The van der Waals surface area contributed by atoms with Gasteiger partial charge in [0.05, 0.1) is 23.2 Å². The summed E-state index contributed by atoms with van der Waals surface area (Å²) in [5.74, 6) is 0. The Morgan fingerprint density at radius 2 is 1.68 bits per heavy atom. The topological polar surface area (TPSA) is 75.0 Å². The number of aromatic nitrogens is 3. The lowest BCUT2D eigenvalue weighted by molar-refractivity contribution is 0.292. The van der Waals surface area contributed by atoms with E-state index in [0.717, 1.165) is 35.6 Å². The van der Waals surface area contributed by atoms with Gasteiger partial charge >= 0.3 is 0 Å². The highest BCUT2D eigenvalue weighted by molar-refractivity contribution is 6.42. The van der Waals surface area contributed by atoms with Crippen LogP contribution in [0.3, 0.4) is 0 Å². The van der Waals surface area contributed by atoms with Crippen molar-refractivity contribution in [2.75, 3.05) is 26.2 Å². The van der Waals surface area contributed by atoms with Crippen LogP contribution in [0.2, 0.25) is 10.0 Å². The molecule has 0 saturated heterocycles. The number of hydrogen-bond acceptors (Lipinski definition) is 5. The highest BCUT2D eigenvalue weighted by Crippen LogP contribution is 2.24. The third kappa shape index (κ3) is 5.77. The van der Waals surface area contributed by atoms with Crippen LogP contribution in [0.25, 0.3) is 11.3 Å². The van der Waals surface area contributed by atoms with Crippen molar-refractivity contribution in [1.82, 2.24) is 25.6 Å². The Morgan fingerprint density at radius 1 is 0.893 bits per heavy atom.